The summed E-state index contributed by atoms with van der Waals surface area (Å²) >= 11 is 0. The summed E-state index contributed by atoms with van der Waals surface area (Å²) in [7, 11) is 0. The van der Waals surface area contributed by atoms with Crippen LogP contribution in [0.1, 0.15) is 29.4 Å². The fraction of sp³-hybridized carbons (Fsp3) is 0.318. The third-order valence-electron chi connectivity index (χ3n) is 5.82. The van der Waals surface area contributed by atoms with Crippen molar-refractivity contribution in [2.75, 3.05) is 13.1 Å². The van der Waals surface area contributed by atoms with Crippen molar-refractivity contribution >= 4 is 16.6 Å². The number of aryl methyl sites for hydroxylation is 1. The van der Waals surface area contributed by atoms with Crippen LogP contribution < -0.4 is 0 Å². The molecule has 0 fully saturated rings. The van der Waals surface area contributed by atoms with Crippen LogP contribution in [-0.2, 0) is 19.1 Å². The van der Waals surface area contributed by atoms with Crippen molar-refractivity contribution in [3.8, 4) is 5.82 Å². The first-order valence-electron chi connectivity index (χ1n) is 9.78. The van der Waals surface area contributed by atoms with Crippen LogP contribution in [0.5, 0.6) is 0 Å². The lowest BCUT2D eigenvalue weighted by Crippen LogP contribution is -2.31. The molecule has 4 aromatic rings. The number of aromatic nitrogens is 3. The summed E-state index contributed by atoms with van der Waals surface area (Å²) in [6.07, 6.45) is -2.19. The Kier molecular flexibility index (Phi) is 4.00. The number of benzene rings is 1. The van der Waals surface area contributed by atoms with Gasteiger partial charge in [0.1, 0.15) is 5.65 Å². The van der Waals surface area contributed by atoms with Gasteiger partial charge in [-0.05, 0) is 43.3 Å². The normalized spacial score (nSPS) is 15.3. The van der Waals surface area contributed by atoms with Crippen molar-refractivity contribution < 1.29 is 13.2 Å². The molecule has 0 N–H and O–H groups in total. The van der Waals surface area contributed by atoms with Gasteiger partial charge in [-0.3, -0.25) is 13.9 Å². The molecule has 5 rings (SSSR count). The largest absolute Gasteiger partial charge is 0.437 e. The molecule has 0 unspecified atom stereocenters. The molecule has 1 aliphatic rings. The number of nitrogens with zero attached hydrogens (tertiary/aromatic N) is 4. The second-order valence-electron chi connectivity index (χ2n) is 7.61. The van der Waals surface area contributed by atoms with E-state index in [4.69, 9.17) is 0 Å². The predicted octanol–water partition coefficient (Wildman–Crippen LogP) is 4.98. The van der Waals surface area contributed by atoms with Crippen molar-refractivity contribution in [1.82, 2.24) is 18.9 Å². The van der Waals surface area contributed by atoms with Crippen molar-refractivity contribution in [3.05, 3.63) is 65.1 Å². The van der Waals surface area contributed by atoms with Crippen LogP contribution in [0.3, 0.4) is 0 Å². The van der Waals surface area contributed by atoms with Crippen LogP contribution in [0, 0.1) is 6.92 Å². The monoisotopic (exact) mass is 398 g/mol. The van der Waals surface area contributed by atoms with Gasteiger partial charge in [0, 0.05) is 36.8 Å². The molecule has 1 aromatic carbocycles. The molecule has 0 atom stereocenters. The van der Waals surface area contributed by atoms with E-state index < -0.39 is 11.9 Å². The second-order valence-corrected chi connectivity index (χ2v) is 7.61. The minimum Gasteiger partial charge on any atom is -0.299 e. The number of rotatable bonds is 2. The van der Waals surface area contributed by atoms with Gasteiger partial charge in [-0.2, -0.15) is 13.2 Å². The standard InChI is InChI=1S/C22H21F3N4/c1-3-27-11-9-18-16(13-27)15-12-14(2)7-8-17(15)29(18)21-20(22(23,24)25)26-19-6-4-5-10-28(19)21/h4-8,10,12H,3,9,11,13H2,1-2H3. The van der Waals surface area contributed by atoms with E-state index in [1.807, 2.05) is 19.1 Å². The molecular formula is C22H21F3N4. The average Bonchev–Trinajstić information content (AvgIpc) is 3.23. The van der Waals surface area contributed by atoms with Crippen LogP contribution >= 0.6 is 0 Å². The number of fused-ring (bicyclic) bond motifs is 4. The third-order valence-corrected chi connectivity index (χ3v) is 5.82. The Morgan fingerprint density at radius 2 is 1.97 bits per heavy atom. The molecular weight excluding hydrogens is 377 g/mol. The van der Waals surface area contributed by atoms with Crippen molar-refractivity contribution in [1.29, 1.82) is 0 Å². The van der Waals surface area contributed by atoms with Gasteiger partial charge in [0.15, 0.2) is 11.5 Å². The van der Waals surface area contributed by atoms with Crippen LogP contribution in [0.15, 0.2) is 42.6 Å². The molecule has 0 saturated heterocycles. The molecule has 3 aromatic heterocycles. The lowest BCUT2D eigenvalue weighted by Gasteiger charge is -2.27. The predicted molar refractivity (Wildman–Crippen MR) is 106 cm³/mol. The maximum Gasteiger partial charge on any atom is 0.437 e. The Morgan fingerprint density at radius 1 is 1.14 bits per heavy atom. The SMILES string of the molecule is CCN1CCc2c(c3cc(C)ccc3n2-c2c(C(F)(F)F)nc3ccccn23)C1. The zero-order chi connectivity index (χ0) is 20.3. The van der Waals surface area contributed by atoms with Crippen LogP contribution in [-0.4, -0.2) is 31.9 Å². The highest BCUT2D eigenvalue weighted by Crippen LogP contribution is 2.39. The maximum absolute atomic E-state index is 14.0. The van der Waals surface area contributed by atoms with E-state index in [2.05, 4.69) is 22.9 Å². The quantitative estimate of drug-likeness (QED) is 0.476. The highest BCUT2D eigenvalue weighted by molar-refractivity contribution is 5.88. The molecule has 29 heavy (non-hydrogen) atoms. The fourth-order valence-electron chi connectivity index (χ4n) is 4.43. The average molecular weight is 398 g/mol. The van der Waals surface area contributed by atoms with E-state index in [9.17, 15) is 13.2 Å². The van der Waals surface area contributed by atoms with Gasteiger partial charge >= 0.3 is 6.18 Å². The number of alkyl halides is 3. The molecule has 7 heteroatoms. The van der Waals surface area contributed by atoms with Crippen molar-refractivity contribution in [3.63, 3.8) is 0 Å². The minimum absolute atomic E-state index is 0.0770. The minimum atomic E-state index is -4.54. The number of halogens is 3. The van der Waals surface area contributed by atoms with E-state index >= 15 is 0 Å². The molecule has 0 radical (unpaired) electrons. The lowest BCUT2D eigenvalue weighted by molar-refractivity contribution is -0.140. The first-order valence-corrected chi connectivity index (χ1v) is 9.78. The molecule has 4 nitrogen and oxygen atoms in total. The van der Waals surface area contributed by atoms with Crippen molar-refractivity contribution in [2.24, 2.45) is 0 Å². The Hall–Kier alpha value is -2.80. The van der Waals surface area contributed by atoms with Gasteiger partial charge in [0.25, 0.3) is 0 Å². The van der Waals surface area contributed by atoms with E-state index in [1.165, 1.54) is 0 Å². The number of imidazole rings is 1. The summed E-state index contributed by atoms with van der Waals surface area (Å²) in [5.74, 6) is 0.0770. The Balaban J connectivity index is 1.90. The summed E-state index contributed by atoms with van der Waals surface area (Å²) in [4.78, 5) is 6.28. The summed E-state index contributed by atoms with van der Waals surface area (Å²) in [5.41, 5.74) is 3.42. The van der Waals surface area contributed by atoms with E-state index in [1.54, 1.807) is 33.4 Å². The summed E-state index contributed by atoms with van der Waals surface area (Å²) in [5, 5.41) is 1.03. The molecule has 0 bridgehead atoms. The Labute approximate surface area is 166 Å². The summed E-state index contributed by atoms with van der Waals surface area (Å²) in [6, 6.07) is 11.0. The third kappa shape index (κ3) is 2.75. The highest BCUT2D eigenvalue weighted by Gasteiger charge is 2.40. The highest BCUT2D eigenvalue weighted by atomic mass is 19.4. The first kappa shape index (κ1) is 18.2. The molecule has 150 valence electrons. The number of likely N-dealkylation sites (N-methyl/N-ethyl adjacent to an activating group) is 1. The second kappa shape index (κ2) is 6.35. The number of hydrogen-bond acceptors (Lipinski definition) is 2. The summed E-state index contributed by atoms with van der Waals surface area (Å²) in [6.45, 7) is 6.62. The lowest BCUT2D eigenvalue weighted by atomic mass is 10.0. The van der Waals surface area contributed by atoms with Gasteiger partial charge < -0.3 is 0 Å². The van der Waals surface area contributed by atoms with Crippen LogP contribution in [0.2, 0.25) is 0 Å². The van der Waals surface area contributed by atoms with Gasteiger partial charge in [-0.1, -0.05) is 24.6 Å². The molecule has 0 spiro atoms. The number of pyridine rings is 1. The van der Waals surface area contributed by atoms with Gasteiger partial charge in [0.05, 0.1) is 5.52 Å². The zero-order valence-corrected chi connectivity index (χ0v) is 16.3. The molecule has 0 aliphatic carbocycles. The molecule has 1 aliphatic heterocycles. The Morgan fingerprint density at radius 3 is 2.72 bits per heavy atom. The maximum atomic E-state index is 14.0. The Bertz CT molecular complexity index is 1230. The smallest absolute Gasteiger partial charge is 0.299 e. The first-order chi connectivity index (χ1) is 13.9. The van der Waals surface area contributed by atoms with Crippen molar-refractivity contribution in [2.45, 2.75) is 33.0 Å². The van der Waals surface area contributed by atoms with Gasteiger partial charge in [-0.15, -0.1) is 0 Å². The van der Waals surface area contributed by atoms with E-state index in [0.29, 0.717) is 12.1 Å². The van der Waals surface area contributed by atoms with E-state index in [0.717, 1.165) is 47.4 Å². The fourth-order valence-corrected chi connectivity index (χ4v) is 4.43. The zero-order valence-electron chi connectivity index (χ0n) is 16.3. The van der Waals surface area contributed by atoms with Gasteiger partial charge in [-0.25, -0.2) is 4.98 Å². The van der Waals surface area contributed by atoms with E-state index in [-0.39, 0.29) is 5.82 Å². The topological polar surface area (TPSA) is 25.5 Å². The molecule has 4 heterocycles. The summed E-state index contributed by atoms with van der Waals surface area (Å²) < 4.78 is 45.3. The molecule has 0 amide bonds. The van der Waals surface area contributed by atoms with Crippen LogP contribution in [0.4, 0.5) is 13.2 Å². The molecule has 0 saturated carbocycles. The van der Waals surface area contributed by atoms with Crippen LogP contribution in [0.25, 0.3) is 22.4 Å². The van der Waals surface area contributed by atoms with Gasteiger partial charge in [0.2, 0.25) is 0 Å². The number of hydrogen-bond donors (Lipinski definition) is 0.